The topological polar surface area (TPSA) is 41.6 Å². The maximum absolute atomic E-state index is 11.5. The van der Waals surface area contributed by atoms with Crippen LogP contribution in [0.3, 0.4) is 0 Å². The number of hydrogen-bond donors (Lipinski definition) is 1. The van der Waals surface area contributed by atoms with Crippen molar-refractivity contribution in [3.8, 4) is 0 Å². The van der Waals surface area contributed by atoms with E-state index in [4.69, 9.17) is 4.74 Å². The molecule has 0 atom stereocenters. The average molecular weight is 202 g/mol. The lowest BCUT2D eigenvalue weighted by Crippen LogP contribution is -2.43. The number of hydrogen-bond acceptors (Lipinski definition) is 2. The monoisotopic (exact) mass is 202 g/mol. The summed E-state index contributed by atoms with van der Waals surface area (Å²) in [5.41, 5.74) is 0. The molecule has 0 aromatic heterocycles. The second kappa shape index (κ2) is 7.62. The van der Waals surface area contributed by atoms with Crippen molar-refractivity contribution in [2.75, 3.05) is 33.4 Å². The lowest BCUT2D eigenvalue weighted by atomic mass is 10.2. The van der Waals surface area contributed by atoms with E-state index in [1.54, 1.807) is 12.0 Å². The fourth-order valence-electron chi connectivity index (χ4n) is 1.18. The Labute approximate surface area is 86.6 Å². The number of urea groups is 1. The highest BCUT2D eigenvalue weighted by atomic mass is 16.5. The first-order chi connectivity index (χ1) is 6.61. The predicted octanol–water partition coefficient (Wildman–Crippen LogP) is 1.32. The molecular formula is C10H22N2O2. The minimum atomic E-state index is -0.00162. The van der Waals surface area contributed by atoms with Gasteiger partial charge in [0.15, 0.2) is 0 Å². The normalized spacial score (nSPS) is 10.4. The number of nitrogens with zero attached hydrogens (tertiary/aromatic N) is 1. The second-order valence-corrected chi connectivity index (χ2v) is 3.67. The summed E-state index contributed by atoms with van der Waals surface area (Å²) in [7, 11) is 1.64. The molecule has 4 nitrogen and oxygen atoms in total. The zero-order valence-corrected chi connectivity index (χ0v) is 9.67. The molecule has 0 fully saturated rings. The summed E-state index contributed by atoms with van der Waals surface area (Å²) in [6, 6.07) is -0.00162. The fourth-order valence-corrected chi connectivity index (χ4v) is 1.18. The molecule has 0 saturated carbocycles. The van der Waals surface area contributed by atoms with Crippen LogP contribution in [0.2, 0.25) is 0 Å². The van der Waals surface area contributed by atoms with Gasteiger partial charge in [0, 0.05) is 26.7 Å². The SMILES string of the molecule is CCNC(=O)N(CCOC)CC(C)C. The summed E-state index contributed by atoms with van der Waals surface area (Å²) >= 11 is 0. The molecule has 0 unspecified atom stereocenters. The first-order valence-corrected chi connectivity index (χ1v) is 5.13. The van der Waals surface area contributed by atoms with Gasteiger partial charge in [0.25, 0.3) is 0 Å². The van der Waals surface area contributed by atoms with E-state index in [9.17, 15) is 4.79 Å². The van der Waals surface area contributed by atoms with Gasteiger partial charge in [-0.15, -0.1) is 0 Å². The van der Waals surface area contributed by atoms with Crippen molar-refractivity contribution in [2.45, 2.75) is 20.8 Å². The number of amides is 2. The Balaban J connectivity index is 4.01. The second-order valence-electron chi connectivity index (χ2n) is 3.67. The lowest BCUT2D eigenvalue weighted by Gasteiger charge is -2.24. The molecule has 0 spiro atoms. The zero-order chi connectivity index (χ0) is 11.0. The molecule has 0 rings (SSSR count). The van der Waals surface area contributed by atoms with Crippen LogP contribution in [0.1, 0.15) is 20.8 Å². The number of methoxy groups -OCH3 is 1. The van der Waals surface area contributed by atoms with Gasteiger partial charge in [-0.05, 0) is 12.8 Å². The van der Waals surface area contributed by atoms with Crippen molar-refractivity contribution in [1.82, 2.24) is 10.2 Å². The Morgan fingerprint density at radius 2 is 2.14 bits per heavy atom. The quantitative estimate of drug-likeness (QED) is 0.706. The van der Waals surface area contributed by atoms with Crippen LogP contribution in [0.4, 0.5) is 4.79 Å². The highest BCUT2D eigenvalue weighted by molar-refractivity contribution is 5.74. The first kappa shape index (κ1) is 13.2. The van der Waals surface area contributed by atoms with E-state index in [0.29, 0.717) is 25.6 Å². The third-order valence-corrected chi connectivity index (χ3v) is 1.77. The summed E-state index contributed by atoms with van der Waals surface area (Å²) < 4.78 is 4.96. The van der Waals surface area contributed by atoms with Crippen molar-refractivity contribution in [1.29, 1.82) is 0 Å². The Hall–Kier alpha value is -0.770. The molecule has 0 heterocycles. The van der Waals surface area contributed by atoms with Crippen LogP contribution in [0.25, 0.3) is 0 Å². The largest absolute Gasteiger partial charge is 0.383 e. The highest BCUT2D eigenvalue weighted by Gasteiger charge is 2.12. The van der Waals surface area contributed by atoms with E-state index < -0.39 is 0 Å². The van der Waals surface area contributed by atoms with Gasteiger partial charge in [-0.2, -0.15) is 0 Å². The summed E-state index contributed by atoms with van der Waals surface area (Å²) in [5.74, 6) is 0.481. The van der Waals surface area contributed by atoms with Crippen molar-refractivity contribution < 1.29 is 9.53 Å². The molecule has 0 saturated heterocycles. The van der Waals surface area contributed by atoms with E-state index in [2.05, 4.69) is 19.2 Å². The Morgan fingerprint density at radius 3 is 2.57 bits per heavy atom. The summed E-state index contributed by atoms with van der Waals surface area (Å²) in [6.07, 6.45) is 0. The van der Waals surface area contributed by atoms with E-state index >= 15 is 0 Å². The molecule has 4 heteroatoms. The molecule has 0 radical (unpaired) electrons. The number of nitrogens with one attached hydrogen (secondary N) is 1. The van der Waals surface area contributed by atoms with Crippen molar-refractivity contribution in [3.05, 3.63) is 0 Å². The van der Waals surface area contributed by atoms with Gasteiger partial charge in [-0.1, -0.05) is 13.8 Å². The third kappa shape index (κ3) is 5.80. The van der Waals surface area contributed by atoms with E-state index in [0.717, 1.165) is 6.54 Å². The predicted molar refractivity (Wildman–Crippen MR) is 57.4 cm³/mol. The van der Waals surface area contributed by atoms with Crippen molar-refractivity contribution in [3.63, 3.8) is 0 Å². The molecule has 84 valence electrons. The van der Waals surface area contributed by atoms with Crippen LogP contribution in [0, 0.1) is 5.92 Å². The molecule has 1 N–H and O–H groups in total. The van der Waals surface area contributed by atoms with Crippen LogP contribution in [-0.2, 0) is 4.74 Å². The standard InChI is InChI=1S/C10H22N2O2/c1-5-11-10(13)12(6-7-14-4)8-9(2)3/h9H,5-8H2,1-4H3,(H,11,13). The smallest absolute Gasteiger partial charge is 0.317 e. The summed E-state index contributed by atoms with van der Waals surface area (Å²) in [4.78, 5) is 13.3. The van der Waals surface area contributed by atoms with E-state index in [1.165, 1.54) is 0 Å². The summed E-state index contributed by atoms with van der Waals surface area (Å²) in [5, 5.41) is 2.79. The van der Waals surface area contributed by atoms with Crippen LogP contribution in [0.15, 0.2) is 0 Å². The van der Waals surface area contributed by atoms with E-state index in [-0.39, 0.29) is 6.03 Å². The average Bonchev–Trinajstić information content (AvgIpc) is 2.12. The molecule has 0 aliphatic heterocycles. The molecule has 0 aliphatic rings. The van der Waals surface area contributed by atoms with Gasteiger partial charge in [0.2, 0.25) is 0 Å². The van der Waals surface area contributed by atoms with E-state index in [1.807, 2.05) is 6.92 Å². The van der Waals surface area contributed by atoms with Gasteiger partial charge in [0.1, 0.15) is 0 Å². The van der Waals surface area contributed by atoms with Crippen LogP contribution in [-0.4, -0.2) is 44.3 Å². The minimum absolute atomic E-state index is 0.00162. The van der Waals surface area contributed by atoms with Crippen molar-refractivity contribution in [2.24, 2.45) is 5.92 Å². The van der Waals surface area contributed by atoms with Crippen LogP contribution in [0.5, 0.6) is 0 Å². The molecular weight excluding hydrogens is 180 g/mol. The fraction of sp³-hybridized carbons (Fsp3) is 0.900. The van der Waals surface area contributed by atoms with Gasteiger partial charge in [-0.25, -0.2) is 4.79 Å². The van der Waals surface area contributed by atoms with Gasteiger partial charge >= 0.3 is 6.03 Å². The molecule has 0 bridgehead atoms. The number of carbonyl (C=O) groups excluding carboxylic acids is 1. The zero-order valence-electron chi connectivity index (χ0n) is 9.67. The molecule has 14 heavy (non-hydrogen) atoms. The first-order valence-electron chi connectivity index (χ1n) is 5.13. The maximum atomic E-state index is 11.5. The third-order valence-electron chi connectivity index (χ3n) is 1.77. The minimum Gasteiger partial charge on any atom is -0.383 e. The molecule has 2 amide bonds. The van der Waals surface area contributed by atoms with Crippen molar-refractivity contribution >= 4 is 6.03 Å². The maximum Gasteiger partial charge on any atom is 0.317 e. The Kier molecular flexibility index (Phi) is 7.20. The molecule has 0 aliphatic carbocycles. The molecule has 0 aromatic rings. The number of carbonyl (C=O) groups is 1. The number of ether oxygens (including phenoxy) is 1. The number of rotatable bonds is 6. The molecule has 0 aromatic carbocycles. The van der Waals surface area contributed by atoms with Crippen LogP contribution < -0.4 is 5.32 Å². The Bertz CT molecular complexity index is 160. The van der Waals surface area contributed by atoms with Crippen LogP contribution >= 0.6 is 0 Å². The van der Waals surface area contributed by atoms with Gasteiger partial charge < -0.3 is 15.0 Å². The summed E-state index contributed by atoms with van der Waals surface area (Å²) in [6.45, 7) is 8.79. The van der Waals surface area contributed by atoms with Gasteiger partial charge in [-0.3, -0.25) is 0 Å². The van der Waals surface area contributed by atoms with Gasteiger partial charge in [0.05, 0.1) is 6.61 Å². The Morgan fingerprint density at radius 1 is 1.50 bits per heavy atom. The lowest BCUT2D eigenvalue weighted by molar-refractivity contribution is 0.144. The highest BCUT2D eigenvalue weighted by Crippen LogP contribution is 1.98.